The van der Waals surface area contributed by atoms with Gasteiger partial charge >= 0.3 is 93.1 Å². The number of carbonyl (C=O) groups is 1. The second-order valence-corrected chi connectivity index (χ2v) is 4.98. The van der Waals surface area contributed by atoms with Crippen LogP contribution in [-0.4, -0.2) is 19.5 Å². The monoisotopic (exact) mass is 253 g/mol. The third-order valence-corrected chi connectivity index (χ3v) is 3.58. The van der Waals surface area contributed by atoms with Gasteiger partial charge in [-0.3, -0.25) is 0 Å². The van der Waals surface area contributed by atoms with E-state index < -0.39 is 13.6 Å². The fourth-order valence-electron chi connectivity index (χ4n) is 1.03. The van der Waals surface area contributed by atoms with Gasteiger partial charge in [0.25, 0.3) is 0 Å². The summed E-state index contributed by atoms with van der Waals surface area (Å²) >= 11 is -1.38. The molecule has 0 saturated heterocycles. The molecule has 0 aliphatic heterocycles. The zero-order valence-electron chi connectivity index (χ0n) is 8.78. The van der Waals surface area contributed by atoms with Gasteiger partial charge in [-0.1, -0.05) is 0 Å². The summed E-state index contributed by atoms with van der Waals surface area (Å²) in [6.07, 6.45) is 0. The summed E-state index contributed by atoms with van der Waals surface area (Å²) < 4.78 is 17.3. The van der Waals surface area contributed by atoms with E-state index in [0.717, 1.165) is 4.50 Å². The van der Waals surface area contributed by atoms with E-state index in [4.69, 9.17) is 4.74 Å². The van der Waals surface area contributed by atoms with Gasteiger partial charge < -0.3 is 0 Å². The molecule has 0 unspecified atom stereocenters. The summed E-state index contributed by atoms with van der Waals surface area (Å²) in [5.74, 6) is 0.0217. The fourth-order valence-corrected chi connectivity index (χ4v) is 2.29. The first-order valence-electron chi connectivity index (χ1n) is 4.51. The summed E-state index contributed by atoms with van der Waals surface area (Å²) in [6, 6.07) is 6.89. The van der Waals surface area contributed by atoms with Crippen LogP contribution in [0.4, 0.5) is 0 Å². The third-order valence-electron chi connectivity index (χ3n) is 1.87. The van der Waals surface area contributed by atoms with E-state index in [0.29, 0.717) is 17.5 Å². The Balaban J connectivity index is 2.71. The summed E-state index contributed by atoms with van der Waals surface area (Å²) in [4.78, 5) is 11.0. The Bertz CT molecular complexity index is 357. The van der Waals surface area contributed by atoms with Gasteiger partial charge in [0.1, 0.15) is 0 Å². The van der Waals surface area contributed by atoms with Gasteiger partial charge in [0.05, 0.1) is 0 Å². The van der Waals surface area contributed by atoms with Crippen LogP contribution in [0, 0.1) is 0 Å². The number of rotatable bonds is 5. The molecule has 0 fully saturated rings. The topological polar surface area (TPSA) is 43.4 Å². The van der Waals surface area contributed by atoms with Crippen LogP contribution in [0.15, 0.2) is 24.3 Å². The van der Waals surface area contributed by atoms with Crippen molar-refractivity contribution >= 4 is 10.3 Å². The summed E-state index contributed by atoms with van der Waals surface area (Å²) in [5, 5.41) is 0.517. The van der Waals surface area contributed by atoms with E-state index >= 15 is 0 Å². The summed E-state index contributed by atoms with van der Waals surface area (Å²) in [5.41, 5.74) is 0.647. The molecule has 0 aromatic heterocycles. The Morgan fingerprint density at radius 1 is 1.33 bits per heavy atom. The number of methoxy groups -OCH3 is 1. The molecule has 3 nitrogen and oxygen atoms in total. The number of hydrogen-bond donors (Lipinski definition) is 0. The molecular weight excluding hydrogens is 239 g/mol. The zero-order valence-corrected chi connectivity index (χ0v) is 9.82. The second kappa shape index (κ2) is 5.90. The molecule has 4 heteroatoms. The minimum atomic E-state index is -1.38. The summed E-state index contributed by atoms with van der Waals surface area (Å²) in [7, 11) is 1.58. The molecule has 0 aliphatic rings. The normalized spacial score (nSPS) is 11.2. The standard InChI is InChI=1S/C8H7O.C3H7O.Co.O/c1-7(9)8-5-3-2-4-6-8;1-3-4-2;;/h3-6H,1H3;1,3H2,2H3;;. The van der Waals surface area contributed by atoms with Crippen molar-refractivity contribution in [3.05, 3.63) is 29.8 Å². The van der Waals surface area contributed by atoms with Crippen LogP contribution >= 0.6 is 0 Å². The molecule has 0 amide bonds. The first kappa shape index (κ1) is 12.2. The minimum absolute atomic E-state index is 0.0217. The number of ether oxygens (including phenoxy) is 1. The molecule has 85 valence electrons. The van der Waals surface area contributed by atoms with Crippen molar-refractivity contribution in [3.63, 3.8) is 0 Å². The third kappa shape index (κ3) is 3.66. The van der Waals surface area contributed by atoms with Crippen molar-refractivity contribution in [2.75, 3.05) is 13.7 Å². The van der Waals surface area contributed by atoms with Crippen molar-refractivity contribution in [3.8, 4) is 0 Å². The van der Waals surface area contributed by atoms with Crippen LogP contribution < -0.4 is 4.50 Å². The van der Waals surface area contributed by atoms with E-state index in [1.54, 1.807) is 31.4 Å². The molecule has 0 heterocycles. The molecule has 0 bridgehead atoms. The molecular formula is C11H14CoO3. The van der Waals surface area contributed by atoms with Gasteiger partial charge in [0.2, 0.25) is 0 Å². The molecule has 1 aromatic carbocycles. The SMILES string of the molecule is COC[CH2][Co](=[O])[c]1ccc(C(C)=O)cc1. The Labute approximate surface area is 93.4 Å². The Hall–Kier alpha value is -0.844. The molecule has 0 atom stereocenters. The van der Waals surface area contributed by atoms with Crippen LogP contribution in [0.3, 0.4) is 0 Å². The van der Waals surface area contributed by atoms with Crippen LogP contribution in [0.25, 0.3) is 0 Å². The quantitative estimate of drug-likeness (QED) is 0.747. The van der Waals surface area contributed by atoms with Crippen LogP contribution in [0.2, 0.25) is 5.36 Å². The molecule has 0 aliphatic carbocycles. The van der Waals surface area contributed by atoms with Crippen molar-refractivity contribution in [1.29, 1.82) is 0 Å². The predicted molar refractivity (Wildman–Crippen MR) is 53.5 cm³/mol. The van der Waals surface area contributed by atoms with Gasteiger partial charge in [-0.2, -0.15) is 0 Å². The van der Waals surface area contributed by atoms with Crippen LogP contribution in [-0.2, 0) is 22.2 Å². The number of carbonyl (C=O) groups excluding carboxylic acids is 1. The van der Waals surface area contributed by atoms with E-state index in [-0.39, 0.29) is 5.78 Å². The Morgan fingerprint density at radius 2 is 1.93 bits per heavy atom. The zero-order chi connectivity index (χ0) is 11.3. The average molecular weight is 253 g/mol. The van der Waals surface area contributed by atoms with Gasteiger partial charge in [0, 0.05) is 0 Å². The van der Waals surface area contributed by atoms with E-state index in [9.17, 15) is 8.66 Å². The molecule has 0 radical (unpaired) electrons. The number of Topliss-reactive ketones (excluding diaryl/α,β-unsaturated/α-hetero) is 1. The number of ketones is 1. The van der Waals surface area contributed by atoms with Crippen molar-refractivity contribution in [1.82, 2.24) is 0 Å². The van der Waals surface area contributed by atoms with Crippen molar-refractivity contribution < 1.29 is 27.0 Å². The maximum absolute atomic E-state index is 11.7. The van der Waals surface area contributed by atoms with Crippen LogP contribution in [0.5, 0.6) is 0 Å². The van der Waals surface area contributed by atoms with Gasteiger partial charge in [-0.15, -0.1) is 0 Å². The predicted octanol–water partition coefficient (Wildman–Crippen LogP) is 1.54. The van der Waals surface area contributed by atoms with E-state index in [1.165, 1.54) is 6.92 Å². The van der Waals surface area contributed by atoms with Gasteiger partial charge in [-0.05, 0) is 0 Å². The molecule has 1 aromatic rings. The number of hydrogen-bond acceptors (Lipinski definition) is 3. The molecule has 0 saturated carbocycles. The van der Waals surface area contributed by atoms with E-state index in [2.05, 4.69) is 0 Å². The second-order valence-electron chi connectivity index (χ2n) is 2.98. The first-order chi connectivity index (χ1) is 7.15. The van der Waals surface area contributed by atoms with Crippen LogP contribution in [0.1, 0.15) is 17.3 Å². The molecule has 1 rings (SSSR count). The van der Waals surface area contributed by atoms with Gasteiger partial charge in [0.15, 0.2) is 0 Å². The van der Waals surface area contributed by atoms with Crippen molar-refractivity contribution in [2.24, 2.45) is 0 Å². The number of benzene rings is 1. The molecule has 0 spiro atoms. The molecule has 15 heavy (non-hydrogen) atoms. The summed E-state index contributed by atoms with van der Waals surface area (Å²) in [6.45, 7) is 2.00. The maximum atomic E-state index is 11.7. The Kier molecular flexibility index (Phi) is 4.81. The molecule has 0 N–H and O–H groups in total. The fraction of sp³-hybridized carbons (Fsp3) is 0.364. The Morgan fingerprint density at radius 3 is 2.40 bits per heavy atom. The van der Waals surface area contributed by atoms with Crippen molar-refractivity contribution in [2.45, 2.75) is 12.3 Å². The average Bonchev–Trinajstić information content (AvgIpc) is 2.26. The first-order valence-corrected chi connectivity index (χ1v) is 6.19. The van der Waals surface area contributed by atoms with E-state index in [1.807, 2.05) is 0 Å². The van der Waals surface area contributed by atoms with Gasteiger partial charge in [-0.25, -0.2) is 0 Å².